The molecule has 17 heavy (non-hydrogen) atoms. The second kappa shape index (κ2) is 4.34. The van der Waals surface area contributed by atoms with Gasteiger partial charge in [0.15, 0.2) is 0 Å². The van der Waals surface area contributed by atoms with Crippen molar-refractivity contribution in [3.63, 3.8) is 0 Å². The van der Waals surface area contributed by atoms with Crippen molar-refractivity contribution in [1.82, 2.24) is 0 Å². The van der Waals surface area contributed by atoms with Gasteiger partial charge in [0, 0.05) is 5.02 Å². The SMILES string of the molecule is Cc1ccc(Cl)c(C)c1C1(C(=O)O)CCCC1. The molecule has 92 valence electrons. The molecule has 1 aliphatic rings. The largest absolute Gasteiger partial charge is 0.481 e. The number of carboxylic acid groups (broad SMARTS) is 1. The zero-order valence-electron chi connectivity index (χ0n) is 10.2. The number of halogens is 1. The van der Waals surface area contributed by atoms with E-state index >= 15 is 0 Å². The Kier molecular flexibility index (Phi) is 3.17. The minimum atomic E-state index is -0.709. The van der Waals surface area contributed by atoms with Crippen molar-refractivity contribution >= 4 is 17.6 Å². The van der Waals surface area contributed by atoms with E-state index in [0.29, 0.717) is 5.02 Å². The molecule has 0 spiro atoms. The maximum atomic E-state index is 11.7. The quantitative estimate of drug-likeness (QED) is 0.868. The average Bonchev–Trinajstić information content (AvgIpc) is 2.74. The van der Waals surface area contributed by atoms with Crippen LogP contribution in [-0.4, -0.2) is 11.1 Å². The van der Waals surface area contributed by atoms with Crippen LogP contribution in [0, 0.1) is 13.8 Å². The molecule has 0 saturated heterocycles. The van der Waals surface area contributed by atoms with Crippen LogP contribution in [0.25, 0.3) is 0 Å². The lowest BCUT2D eigenvalue weighted by molar-refractivity contribution is -0.143. The van der Waals surface area contributed by atoms with Crippen LogP contribution in [0.2, 0.25) is 5.02 Å². The zero-order chi connectivity index (χ0) is 12.6. The molecule has 0 aliphatic heterocycles. The van der Waals surface area contributed by atoms with E-state index in [2.05, 4.69) is 0 Å². The van der Waals surface area contributed by atoms with Gasteiger partial charge in [-0.1, -0.05) is 30.5 Å². The molecule has 2 rings (SSSR count). The predicted molar refractivity (Wildman–Crippen MR) is 68.7 cm³/mol. The minimum Gasteiger partial charge on any atom is -0.481 e. The van der Waals surface area contributed by atoms with Crippen molar-refractivity contribution in [3.8, 4) is 0 Å². The van der Waals surface area contributed by atoms with Gasteiger partial charge in [0.1, 0.15) is 0 Å². The van der Waals surface area contributed by atoms with Gasteiger partial charge in [-0.25, -0.2) is 0 Å². The Morgan fingerprint density at radius 2 is 1.88 bits per heavy atom. The molecule has 0 unspecified atom stereocenters. The fourth-order valence-electron chi connectivity index (χ4n) is 3.11. The first kappa shape index (κ1) is 12.4. The molecule has 0 bridgehead atoms. The van der Waals surface area contributed by atoms with Gasteiger partial charge < -0.3 is 5.11 Å². The first-order chi connectivity index (χ1) is 7.99. The Morgan fingerprint density at radius 1 is 1.29 bits per heavy atom. The standard InChI is InChI=1S/C14H17ClO2/c1-9-5-6-11(15)10(2)12(9)14(13(16)17)7-3-4-8-14/h5-6H,3-4,7-8H2,1-2H3,(H,16,17). The summed E-state index contributed by atoms with van der Waals surface area (Å²) in [6, 6.07) is 3.77. The number of hydrogen-bond acceptors (Lipinski definition) is 1. The maximum Gasteiger partial charge on any atom is 0.314 e. The lowest BCUT2D eigenvalue weighted by Crippen LogP contribution is -2.34. The molecule has 2 nitrogen and oxygen atoms in total. The van der Waals surface area contributed by atoms with Crippen LogP contribution in [0.5, 0.6) is 0 Å². The number of aryl methyl sites for hydroxylation is 1. The third kappa shape index (κ3) is 1.85. The van der Waals surface area contributed by atoms with Crippen LogP contribution in [-0.2, 0) is 10.2 Å². The maximum absolute atomic E-state index is 11.7. The summed E-state index contributed by atoms with van der Waals surface area (Å²) in [6.07, 6.45) is 3.42. The van der Waals surface area contributed by atoms with Gasteiger partial charge in [0.05, 0.1) is 5.41 Å². The molecule has 0 amide bonds. The number of rotatable bonds is 2. The van der Waals surface area contributed by atoms with Gasteiger partial charge in [-0.3, -0.25) is 4.79 Å². The summed E-state index contributed by atoms with van der Waals surface area (Å²) in [5.41, 5.74) is 2.20. The van der Waals surface area contributed by atoms with E-state index in [0.717, 1.165) is 42.4 Å². The van der Waals surface area contributed by atoms with Gasteiger partial charge in [0.2, 0.25) is 0 Å². The summed E-state index contributed by atoms with van der Waals surface area (Å²) in [7, 11) is 0. The van der Waals surface area contributed by atoms with E-state index in [-0.39, 0.29) is 0 Å². The van der Waals surface area contributed by atoms with Crippen LogP contribution in [0.4, 0.5) is 0 Å². The highest BCUT2D eigenvalue weighted by Gasteiger charge is 2.44. The number of carboxylic acids is 1. The smallest absolute Gasteiger partial charge is 0.314 e. The van der Waals surface area contributed by atoms with E-state index in [9.17, 15) is 9.90 Å². The van der Waals surface area contributed by atoms with Crippen LogP contribution in [0.1, 0.15) is 42.4 Å². The molecule has 1 aromatic carbocycles. The fourth-order valence-corrected chi connectivity index (χ4v) is 3.26. The fraction of sp³-hybridized carbons (Fsp3) is 0.500. The number of benzene rings is 1. The lowest BCUT2D eigenvalue weighted by atomic mass is 9.75. The highest BCUT2D eigenvalue weighted by atomic mass is 35.5. The van der Waals surface area contributed by atoms with E-state index in [4.69, 9.17) is 11.6 Å². The molecule has 1 aliphatic carbocycles. The second-order valence-electron chi connectivity index (χ2n) is 4.96. The average molecular weight is 253 g/mol. The summed E-state index contributed by atoms with van der Waals surface area (Å²) in [6.45, 7) is 3.90. The Balaban J connectivity index is 2.66. The molecule has 1 saturated carbocycles. The van der Waals surface area contributed by atoms with Crippen LogP contribution >= 0.6 is 11.6 Å². The predicted octanol–water partition coefficient (Wildman–Crippen LogP) is 3.85. The summed E-state index contributed by atoms with van der Waals surface area (Å²) in [5.74, 6) is -0.705. The molecule has 1 aromatic rings. The molecule has 1 fully saturated rings. The number of hydrogen-bond donors (Lipinski definition) is 1. The van der Waals surface area contributed by atoms with E-state index in [1.54, 1.807) is 0 Å². The lowest BCUT2D eigenvalue weighted by Gasteiger charge is -2.28. The highest BCUT2D eigenvalue weighted by Crippen LogP contribution is 2.45. The Bertz CT molecular complexity index is 460. The van der Waals surface area contributed by atoms with Crippen LogP contribution in [0.15, 0.2) is 12.1 Å². The second-order valence-corrected chi connectivity index (χ2v) is 5.37. The van der Waals surface area contributed by atoms with Crippen molar-refractivity contribution in [3.05, 3.63) is 33.8 Å². The third-order valence-corrected chi connectivity index (χ3v) is 4.36. The minimum absolute atomic E-state index is 0.665. The van der Waals surface area contributed by atoms with E-state index in [1.807, 2.05) is 26.0 Å². The van der Waals surface area contributed by atoms with Crippen LogP contribution in [0.3, 0.4) is 0 Å². The summed E-state index contributed by atoms with van der Waals surface area (Å²) >= 11 is 6.14. The third-order valence-electron chi connectivity index (χ3n) is 3.95. The Hall–Kier alpha value is -1.02. The van der Waals surface area contributed by atoms with E-state index in [1.165, 1.54) is 0 Å². The molecule has 0 heterocycles. The number of aliphatic carboxylic acids is 1. The molecule has 3 heteroatoms. The van der Waals surface area contributed by atoms with E-state index < -0.39 is 11.4 Å². The summed E-state index contributed by atoms with van der Waals surface area (Å²) < 4.78 is 0. The number of carbonyl (C=O) groups is 1. The van der Waals surface area contributed by atoms with Crippen molar-refractivity contribution in [2.45, 2.75) is 44.9 Å². The Labute approximate surface area is 107 Å². The molecule has 0 atom stereocenters. The van der Waals surface area contributed by atoms with Gasteiger partial charge in [0.25, 0.3) is 0 Å². The Morgan fingerprint density at radius 3 is 2.41 bits per heavy atom. The monoisotopic (exact) mass is 252 g/mol. The molecular formula is C14H17ClO2. The zero-order valence-corrected chi connectivity index (χ0v) is 11.0. The molecule has 0 radical (unpaired) electrons. The first-order valence-corrected chi connectivity index (χ1v) is 6.36. The van der Waals surface area contributed by atoms with Crippen molar-refractivity contribution in [2.24, 2.45) is 0 Å². The topological polar surface area (TPSA) is 37.3 Å². The van der Waals surface area contributed by atoms with Gasteiger partial charge in [-0.15, -0.1) is 0 Å². The van der Waals surface area contributed by atoms with Crippen molar-refractivity contribution in [2.75, 3.05) is 0 Å². The van der Waals surface area contributed by atoms with Crippen molar-refractivity contribution < 1.29 is 9.90 Å². The summed E-state index contributed by atoms with van der Waals surface area (Å²) in [5, 5.41) is 10.3. The van der Waals surface area contributed by atoms with Crippen molar-refractivity contribution in [1.29, 1.82) is 0 Å². The molecular weight excluding hydrogens is 236 g/mol. The van der Waals surface area contributed by atoms with Gasteiger partial charge in [-0.05, 0) is 49.4 Å². The summed E-state index contributed by atoms with van der Waals surface area (Å²) in [4.78, 5) is 11.7. The normalized spacial score (nSPS) is 18.3. The highest BCUT2D eigenvalue weighted by molar-refractivity contribution is 6.31. The first-order valence-electron chi connectivity index (χ1n) is 5.98. The van der Waals surface area contributed by atoms with Crippen LogP contribution < -0.4 is 0 Å². The van der Waals surface area contributed by atoms with Gasteiger partial charge >= 0.3 is 5.97 Å². The van der Waals surface area contributed by atoms with Gasteiger partial charge in [-0.2, -0.15) is 0 Å². The molecule has 1 N–H and O–H groups in total. The molecule has 0 aromatic heterocycles.